The highest BCUT2D eigenvalue weighted by molar-refractivity contribution is 14.0. The average molecular weight is 487 g/mol. The molecule has 0 aliphatic rings. The molecule has 0 amide bonds. The van der Waals surface area contributed by atoms with E-state index in [1.807, 2.05) is 24.7 Å². The number of rotatable bonds is 7. The Morgan fingerprint density at radius 3 is 2.52 bits per heavy atom. The van der Waals surface area contributed by atoms with Crippen LogP contribution in [0.4, 0.5) is 4.39 Å². The van der Waals surface area contributed by atoms with Gasteiger partial charge in [-0.05, 0) is 43.9 Å². The molecule has 2 aromatic rings. The van der Waals surface area contributed by atoms with Gasteiger partial charge >= 0.3 is 0 Å². The first-order chi connectivity index (χ1) is 12.5. The van der Waals surface area contributed by atoms with Gasteiger partial charge in [-0.15, -0.1) is 24.0 Å². The minimum atomic E-state index is -0.182. The maximum atomic E-state index is 13.4. The van der Waals surface area contributed by atoms with E-state index in [0.29, 0.717) is 18.7 Å². The summed E-state index contributed by atoms with van der Waals surface area (Å²) in [5, 5.41) is 11.3. The van der Waals surface area contributed by atoms with Gasteiger partial charge in [0.1, 0.15) is 5.82 Å². The normalized spacial score (nSPS) is 11.3. The van der Waals surface area contributed by atoms with Crippen LogP contribution in [0.1, 0.15) is 48.8 Å². The average Bonchev–Trinajstić information content (AvgIpc) is 2.94. The highest BCUT2D eigenvalue weighted by Crippen LogP contribution is 2.15. The molecule has 2 N–H and O–H groups in total. The molecular weight excluding hydrogens is 456 g/mol. The van der Waals surface area contributed by atoms with Crippen molar-refractivity contribution in [1.82, 2.24) is 20.4 Å². The summed E-state index contributed by atoms with van der Waals surface area (Å²) >= 11 is 0. The number of hydrogen-bond donors (Lipinski definition) is 2. The Bertz CT molecular complexity index is 770. The van der Waals surface area contributed by atoms with Gasteiger partial charge in [0.05, 0.1) is 12.2 Å². The molecule has 7 heteroatoms. The highest BCUT2D eigenvalue weighted by atomic mass is 127. The van der Waals surface area contributed by atoms with Gasteiger partial charge in [0.25, 0.3) is 0 Å². The van der Waals surface area contributed by atoms with Gasteiger partial charge in [-0.1, -0.05) is 26.0 Å². The molecule has 1 aromatic heterocycles. The number of guanidine groups is 1. The van der Waals surface area contributed by atoms with Crippen molar-refractivity contribution < 1.29 is 4.39 Å². The van der Waals surface area contributed by atoms with E-state index in [0.717, 1.165) is 36.6 Å². The summed E-state index contributed by atoms with van der Waals surface area (Å²) in [5.74, 6) is 0.570. The van der Waals surface area contributed by atoms with E-state index in [1.54, 1.807) is 13.0 Å². The van der Waals surface area contributed by atoms with Gasteiger partial charge in [0, 0.05) is 31.4 Å². The summed E-state index contributed by atoms with van der Waals surface area (Å²) in [4.78, 5) is 4.63. The Hall–Kier alpha value is -1.64. The number of aryl methyl sites for hydroxylation is 3. The van der Waals surface area contributed by atoms with Crippen LogP contribution < -0.4 is 10.6 Å². The quantitative estimate of drug-likeness (QED) is 0.354. The smallest absolute Gasteiger partial charge is 0.191 e. The molecule has 27 heavy (non-hydrogen) atoms. The number of halogens is 2. The van der Waals surface area contributed by atoms with E-state index in [-0.39, 0.29) is 29.8 Å². The minimum Gasteiger partial charge on any atom is -0.357 e. The molecule has 0 saturated heterocycles. The largest absolute Gasteiger partial charge is 0.357 e. The second-order valence-electron chi connectivity index (χ2n) is 6.33. The molecule has 0 spiro atoms. The maximum Gasteiger partial charge on any atom is 0.191 e. The lowest BCUT2D eigenvalue weighted by Crippen LogP contribution is -2.37. The lowest BCUT2D eigenvalue weighted by atomic mass is 10.1. The fourth-order valence-electron chi connectivity index (χ4n) is 3.08. The second kappa shape index (κ2) is 11.3. The number of hydrogen-bond acceptors (Lipinski definition) is 2. The zero-order valence-corrected chi connectivity index (χ0v) is 19.2. The molecule has 2 rings (SSSR count). The molecule has 0 atom stereocenters. The summed E-state index contributed by atoms with van der Waals surface area (Å²) in [6.45, 7) is 10.1. The Morgan fingerprint density at radius 1 is 1.19 bits per heavy atom. The SMILES string of the molecule is CCNC(=NCc1ccc(F)c(C)c1)NCc1c(CC)nn(C)c1CC.I. The van der Waals surface area contributed by atoms with Crippen molar-refractivity contribution in [2.75, 3.05) is 6.54 Å². The number of nitrogens with one attached hydrogen (secondary N) is 2. The molecule has 0 saturated carbocycles. The molecule has 1 aromatic carbocycles. The third-order valence-corrected chi connectivity index (χ3v) is 4.45. The lowest BCUT2D eigenvalue weighted by Gasteiger charge is -2.12. The number of benzene rings is 1. The Labute approximate surface area is 178 Å². The van der Waals surface area contributed by atoms with Crippen molar-refractivity contribution in [2.24, 2.45) is 12.0 Å². The third-order valence-electron chi connectivity index (χ3n) is 4.45. The molecule has 0 unspecified atom stereocenters. The molecular formula is C20H31FIN5. The minimum absolute atomic E-state index is 0. The Kier molecular flexibility index (Phi) is 9.76. The number of nitrogens with zero attached hydrogens (tertiary/aromatic N) is 3. The van der Waals surface area contributed by atoms with E-state index in [9.17, 15) is 4.39 Å². The molecule has 150 valence electrons. The van der Waals surface area contributed by atoms with Gasteiger partial charge in [0.2, 0.25) is 0 Å². The van der Waals surface area contributed by atoms with Crippen molar-refractivity contribution in [1.29, 1.82) is 0 Å². The number of aliphatic imine (C=N–C) groups is 1. The first-order valence-corrected chi connectivity index (χ1v) is 9.30. The molecule has 0 aliphatic heterocycles. The van der Waals surface area contributed by atoms with Crippen LogP contribution >= 0.6 is 24.0 Å². The van der Waals surface area contributed by atoms with E-state index >= 15 is 0 Å². The van der Waals surface area contributed by atoms with E-state index in [4.69, 9.17) is 0 Å². The summed E-state index contributed by atoms with van der Waals surface area (Å²) in [7, 11) is 2.00. The predicted molar refractivity (Wildman–Crippen MR) is 120 cm³/mol. The first-order valence-electron chi connectivity index (χ1n) is 9.30. The standard InChI is InChI=1S/C20H30FN5.HI/c1-6-18-16(19(7-2)26(5)25-18)13-24-20(22-8-3)23-12-15-9-10-17(21)14(4)11-15;/h9-11H,6-8,12-13H2,1-5H3,(H2,22,23,24);1H. The lowest BCUT2D eigenvalue weighted by molar-refractivity contribution is 0.617. The maximum absolute atomic E-state index is 13.4. The van der Waals surface area contributed by atoms with Crippen LogP contribution in [0.3, 0.4) is 0 Å². The molecule has 0 radical (unpaired) electrons. The van der Waals surface area contributed by atoms with E-state index in [1.165, 1.54) is 17.3 Å². The van der Waals surface area contributed by atoms with Gasteiger partial charge in [0.15, 0.2) is 5.96 Å². The molecule has 0 fully saturated rings. The van der Waals surface area contributed by atoms with E-state index in [2.05, 4.69) is 34.6 Å². The Balaban J connectivity index is 0.00000364. The van der Waals surface area contributed by atoms with Crippen LogP contribution in [0.2, 0.25) is 0 Å². The topological polar surface area (TPSA) is 54.2 Å². The van der Waals surface area contributed by atoms with Crippen LogP contribution in [0.15, 0.2) is 23.2 Å². The van der Waals surface area contributed by atoms with Crippen molar-refractivity contribution >= 4 is 29.9 Å². The first kappa shape index (κ1) is 23.4. The van der Waals surface area contributed by atoms with Crippen molar-refractivity contribution in [3.63, 3.8) is 0 Å². The fourth-order valence-corrected chi connectivity index (χ4v) is 3.08. The van der Waals surface area contributed by atoms with Crippen molar-refractivity contribution in [2.45, 2.75) is 53.6 Å². The summed E-state index contributed by atoms with van der Waals surface area (Å²) in [6, 6.07) is 5.12. The van der Waals surface area contributed by atoms with Gasteiger partial charge < -0.3 is 10.6 Å². The van der Waals surface area contributed by atoms with Gasteiger partial charge in [-0.3, -0.25) is 4.68 Å². The monoisotopic (exact) mass is 487 g/mol. The zero-order valence-electron chi connectivity index (χ0n) is 16.9. The second-order valence-corrected chi connectivity index (χ2v) is 6.33. The fraction of sp³-hybridized carbons (Fsp3) is 0.500. The Morgan fingerprint density at radius 2 is 1.93 bits per heavy atom. The molecule has 0 bridgehead atoms. The summed E-state index contributed by atoms with van der Waals surface area (Å²) in [5.41, 5.74) is 5.26. The van der Waals surface area contributed by atoms with E-state index < -0.39 is 0 Å². The summed E-state index contributed by atoms with van der Waals surface area (Å²) < 4.78 is 15.4. The van der Waals surface area contributed by atoms with Crippen LogP contribution in [-0.4, -0.2) is 22.3 Å². The molecule has 1 heterocycles. The highest BCUT2D eigenvalue weighted by Gasteiger charge is 2.13. The predicted octanol–water partition coefficient (Wildman–Crippen LogP) is 3.87. The van der Waals surface area contributed by atoms with Crippen LogP contribution in [0.25, 0.3) is 0 Å². The van der Waals surface area contributed by atoms with Gasteiger partial charge in [-0.2, -0.15) is 5.10 Å². The van der Waals surface area contributed by atoms with Crippen molar-refractivity contribution in [3.05, 3.63) is 52.1 Å². The summed E-state index contributed by atoms with van der Waals surface area (Å²) in [6.07, 6.45) is 1.86. The van der Waals surface area contributed by atoms with Gasteiger partial charge in [-0.25, -0.2) is 9.38 Å². The van der Waals surface area contributed by atoms with Crippen LogP contribution in [-0.2, 0) is 33.0 Å². The van der Waals surface area contributed by atoms with Crippen LogP contribution in [0, 0.1) is 12.7 Å². The third kappa shape index (κ3) is 6.19. The van der Waals surface area contributed by atoms with Crippen molar-refractivity contribution in [3.8, 4) is 0 Å². The molecule has 5 nitrogen and oxygen atoms in total. The zero-order chi connectivity index (χ0) is 19.1. The molecule has 0 aliphatic carbocycles. The van der Waals surface area contributed by atoms with Crippen LogP contribution in [0.5, 0.6) is 0 Å². The number of aromatic nitrogens is 2.